The Kier molecular flexibility index (Phi) is 3.79. The second-order valence-electron chi connectivity index (χ2n) is 5.20. The Bertz CT molecular complexity index is 464. The first-order chi connectivity index (χ1) is 9.78. The number of nitrogens with one attached hydrogen (secondary N) is 2. The van der Waals surface area contributed by atoms with Crippen LogP contribution in [0.2, 0.25) is 0 Å². The summed E-state index contributed by atoms with van der Waals surface area (Å²) in [5.74, 6) is 0.649. The van der Waals surface area contributed by atoms with Crippen LogP contribution in [0.15, 0.2) is 12.1 Å². The predicted octanol–water partition coefficient (Wildman–Crippen LogP) is -1.07. The van der Waals surface area contributed by atoms with Crippen molar-refractivity contribution in [3.05, 3.63) is 17.8 Å². The third-order valence-corrected chi connectivity index (χ3v) is 3.96. The van der Waals surface area contributed by atoms with Crippen LogP contribution in [0.3, 0.4) is 0 Å². The first kappa shape index (κ1) is 13.3. The summed E-state index contributed by atoms with van der Waals surface area (Å²) in [4.78, 5) is 16.1. The van der Waals surface area contributed by atoms with Gasteiger partial charge < -0.3 is 15.5 Å². The van der Waals surface area contributed by atoms with Crippen LogP contribution in [0.25, 0.3) is 0 Å². The monoisotopic (exact) mass is 276 g/mol. The molecule has 0 spiro atoms. The number of amides is 1. The fraction of sp³-hybridized carbons (Fsp3) is 0.615. The van der Waals surface area contributed by atoms with Gasteiger partial charge in [-0.15, -0.1) is 10.2 Å². The molecule has 1 aromatic heterocycles. The quantitative estimate of drug-likeness (QED) is 0.732. The van der Waals surface area contributed by atoms with E-state index in [-0.39, 0.29) is 5.91 Å². The number of piperazine rings is 1. The van der Waals surface area contributed by atoms with Crippen molar-refractivity contribution < 1.29 is 4.79 Å². The molecule has 0 atom stereocenters. The highest BCUT2D eigenvalue weighted by Gasteiger charge is 2.33. The lowest BCUT2D eigenvalue weighted by molar-refractivity contribution is 0.0957. The zero-order valence-corrected chi connectivity index (χ0v) is 11.7. The lowest BCUT2D eigenvalue weighted by Gasteiger charge is -2.47. The van der Waals surface area contributed by atoms with Crippen molar-refractivity contribution >= 4 is 11.7 Å². The van der Waals surface area contributed by atoms with Crippen molar-refractivity contribution in [2.45, 2.75) is 6.04 Å². The van der Waals surface area contributed by atoms with Crippen LogP contribution < -0.4 is 15.5 Å². The Morgan fingerprint density at radius 3 is 2.65 bits per heavy atom. The highest BCUT2D eigenvalue weighted by molar-refractivity contribution is 5.91. The first-order valence-electron chi connectivity index (χ1n) is 7.03. The first-order valence-corrected chi connectivity index (χ1v) is 7.03. The molecule has 0 unspecified atom stereocenters. The molecule has 7 nitrogen and oxygen atoms in total. The van der Waals surface area contributed by atoms with E-state index >= 15 is 0 Å². The molecule has 1 aromatic rings. The summed E-state index contributed by atoms with van der Waals surface area (Å²) in [6.07, 6.45) is 0. The SMILES string of the molecule is CNC(=O)c1ccc(N2CC(N3CCNCC3)C2)nn1. The number of carbonyl (C=O) groups is 1. The molecule has 2 N–H and O–H groups in total. The number of anilines is 1. The molecule has 108 valence electrons. The highest BCUT2D eigenvalue weighted by Crippen LogP contribution is 2.21. The fourth-order valence-electron chi connectivity index (χ4n) is 2.66. The number of hydrogen-bond acceptors (Lipinski definition) is 6. The van der Waals surface area contributed by atoms with Crippen molar-refractivity contribution in [2.75, 3.05) is 51.2 Å². The lowest BCUT2D eigenvalue weighted by Crippen LogP contribution is -2.63. The topological polar surface area (TPSA) is 73.4 Å². The van der Waals surface area contributed by atoms with E-state index in [0.717, 1.165) is 45.1 Å². The van der Waals surface area contributed by atoms with Gasteiger partial charge in [0.25, 0.3) is 5.91 Å². The standard InChI is InChI=1S/C13H20N6O/c1-14-13(20)11-2-3-12(17-16-11)19-8-10(9-19)18-6-4-15-5-7-18/h2-3,10,15H,4-9H2,1H3,(H,14,20). The van der Waals surface area contributed by atoms with Gasteiger partial charge in [-0.1, -0.05) is 0 Å². The maximum Gasteiger partial charge on any atom is 0.271 e. The van der Waals surface area contributed by atoms with E-state index in [2.05, 4.69) is 30.6 Å². The molecule has 0 bridgehead atoms. The Morgan fingerprint density at radius 1 is 1.30 bits per heavy atom. The van der Waals surface area contributed by atoms with Gasteiger partial charge in [-0.2, -0.15) is 0 Å². The maximum atomic E-state index is 11.4. The molecule has 2 saturated heterocycles. The molecular formula is C13H20N6O. The fourth-order valence-corrected chi connectivity index (χ4v) is 2.66. The molecule has 0 radical (unpaired) electrons. The van der Waals surface area contributed by atoms with Crippen molar-refractivity contribution in [3.63, 3.8) is 0 Å². The van der Waals surface area contributed by atoms with Crippen LogP contribution in [-0.2, 0) is 0 Å². The van der Waals surface area contributed by atoms with Crippen molar-refractivity contribution in [1.82, 2.24) is 25.7 Å². The van der Waals surface area contributed by atoms with E-state index in [4.69, 9.17) is 0 Å². The van der Waals surface area contributed by atoms with Gasteiger partial charge >= 0.3 is 0 Å². The van der Waals surface area contributed by atoms with Crippen LogP contribution in [0.1, 0.15) is 10.5 Å². The van der Waals surface area contributed by atoms with Gasteiger partial charge in [0, 0.05) is 52.4 Å². The van der Waals surface area contributed by atoms with Crippen molar-refractivity contribution in [1.29, 1.82) is 0 Å². The number of aromatic nitrogens is 2. The Hall–Kier alpha value is -1.73. The molecule has 3 heterocycles. The zero-order chi connectivity index (χ0) is 13.9. The molecule has 0 aliphatic carbocycles. The van der Waals surface area contributed by atoms with Gasteiger partial charge in [-0.25, -0.2) is 0 Å². The number of nitrogens with zero attached hydrogens (tertiary/aromatic N) is 4. The normalized spacial score (nSPS) is 20.6. The summed E-state index contributed by atoms with van der Waals surface area (Å²) in [7, 11) is 1.59. The van der Waals surface area contributed by atoms with Crippen LogP contribution >= 0.6 is 0 Å². The summed E-state index contributed by atoms with van der Waals surface area (Å²) >= 11 is 0. The minimum Gasteiger partial charge on any atom is -0.354 e. The molecule has 2 fully saturated rings. The Morgan fingerprint density at radius 2 is 2.05 bits per heavy atom. The summed E-state index contributed by atoms with van der Waals surface area (Å²) in [5, 5.41) is 14.0. The average molecular weight is 276 g/mol. The van der Waals surface area contributed by atoms with Crippen LogP contribution in [0.4, 0.5) is 5.82 Å². The van der Waals surface area contributed by atoms with E-state index in [1.807, 2.05) is 6.07 Å². The predicted molar refractivity (Wildman–Crippen MR) is 75.9 cm³/mol. The van der Waals surface area contributed by atoms with E-state index in [9.17, 15) is 4.79 Å². The van der Waals surface area contributed by atoms with Gasteiger partial charge in [0.15, 0.2) is 11.5 Å². The average Bonchev–Trinajstić information content (AvgIpc) is 2.47. The smallest absolute Gasteiger partial charge is 0.271 e. The van der Waals surface area contributed by atoms with E-state index in [0.29, 0.717) is 11.7 Å². The molecule has 0 aromatic carbocycles. The maximum absolute atomic E-state index is 11.4. The van der Waals surface area contributed by atoms with Crippen LogP contribution in [0.5, 0.6) is 0 Å². The summed E-state index contributed by atoms with van der Waals surface area (Å²) in [5.41, 5.74) is 0.357. The van der Waals surface area contributed by atoms with Gasteiger partial charge in [0.05, 0.1) is 0 Å². The summed E-state index contributed by atoms with van der Waals surface area (Å²) in [6.45, 7) is 6.40. The molecule has 7 heteroatoms. The van der Waals surface area contributed by atoms with Gasteiger partial charge in [-0.3, -0.25) is 9.69 Å². The minimum absolute atomic E-state index is 0.202. The Balaban J connectivity index is 1.55. The van der Waals surface area contributed by atoms with Gasteiger partial charge in [0.2, 0.25) is 0 Å². The number of rotatable bonds is 3. The highest BCUT2D eigenvalue weighted by atomic mass is 16.1. The lowest BCUT2D eigenvalue weighted by atomic mass is 10.1. The number of carbonyl (C=O) groups excluding carboxylic acids is 1. The molecule has 0 saturated carbocycles. The molecule has 20 heavy (non-hydrogen) atoms. The van der Waals surface area contributed by atoms with Crippen LogP contribution in [0, 0.1) is 0 Å². The molecule has 1 amide bonds. The minimum atomic E-state index is -0.202. The van der Waals surface area contributed by atoms with Gasteiger partial charge in [-0.05, 0) is 12.1 Å². The van der Waals surface area contributed by atoms with E-state index in [1.165, 1.54) is 0 Å². The van der Waals surface area contributed by atoms with E-state index in [1.54, 1.807) is 13.1 Å². The van der Waals surface area contributed by atoms with Gasteiger partial charge in [0.1, 0.15) is 0 Å². The molecule has 2 aliphatic rings. The number of hydrogen-bond donors (Lipinski definition) is 2. The summed E-state index contributed by atoms with van der Waals surface area (Å²) in [6, 6.07) is 4.21. The second-order valence-corrected chi connectivity index (χ2v) is 5.20. The Labute approximate surface area is 118 Å². The molecular weight excluding hydrogens is 256 g/mol. The second kappa shape index (κ2) is 5.72. The zero-order valence-electron chi connectivity index (χ0n) is 11.7. The summed E-state index contributed by atoms with van der Waals surface area (Å²) < 4.78 is 0. The van der Waals surface area contributed by atoms with Crippen molar-refractivity contribution in [3.8, 4) is 0 Å². The van der Waals surface area contributed by atoms with Crippen LogP contribution in [-0.4, -0.2) is 73.4 Å². The largest absolute Gasteiger partial charge is 0.354 e. The van der Waals surface area contributed by atoms with E-state index < -0.39 is 0 Å². The molecule has 3 rings (SSSR count). The third-order valence-electron chi connectivity index (χ3n) is 3.96. The third kappa shape index (κ3) is 2.59. The molecule has 2 aliphatic heterocycles. The van der Waals surface area contributed by atoms with Crippen molar-refractivity contribution in [2.24, 2.45) is 0 Å².